The Labute approximate surface area is 169 Å². The van der Waals surface area contributed by atoms with E-state index in [-0.39, 0.29) is 36.6 Å². The zero-order chi connectivity index (χ0) is 16.6. The Bertz CT molecular complexity index is 504. The van der Waals surface area contributed by atoms with Gasteiger partial charge in [0.05, 0.1) is 0 Å². The Morgan fingerprint density at radius 1 is 0.962 bits per heavy atom. The molecule has 3 rings (SSSR count). The van der Waals surface area contributed by atoms with Gasteiger partial charge in [0.2, 0.25) is 5.91 Å². The van der Waals surface area contributed by atoms with Crippen LogP contribution in [0.5, 0.6) is 0 Å². The molecule has 0 atom stereocenters. The Balaban J connectivity index is 0.00000169. The maximum Gasteiger partial charge on any atom is 0.227 e. The standard InChI is InChI=1S/C19H30N4O.2ClH/c24-19(22-17-10-12-20-13-11-17)16-6-8-18(9-7-16)23-21-14-15-4-2-1-3-5-15;;/h10-13,15-16,18,21,23H,1-9,14H2,(H,20,22,24);2*1H. The van der Waals surface area contributed by atoms with Crippen LogP contribution >= 0.6 is 24.8 Å². The van der Waals surface area contributed by atoms with Gasteiger partial charge < -0.3 is 5.32 Å². The molecule has 0 bridgehead atoms. The molecule has 7 heteroatoms. The van der Waals surface area contributed by atoms with E-state index in [4.69, 9.17) is 0 Å². The number of hydrogen-bond donors (Lipinski definition) is 3. The maximum absolute atomic E-state index is 12.3. The van der Waals surface area contributed by atoms with Gasteiger partial charge in [-0.15, -0.1) is 24.8 Å². The third kappa shape index (κ3) is 7.39. The third-order valence-electron chi connectivity index (χ3n) is 5.47. The van der Waals surface area contributed by atoms with Crippen molar-refractivity contribution in [2.45, 2.75) is 63.8 Å². The van der Waals surface area contributed by atoms with Crippen LogP contribution in [0.1, 0.15) is 57.8 Å². The number of nitrogens with zero attached hydrogens (tertiary/aromatic N) is 1. The Morgan fingerprint density at radius 2 is 1.62 bits per heavy atom. The zero-order valence-electron chi connectivity index (χ0n) is 15.3. The van der Waals surface area contributed by atoms with Crippen LogP contribution in [0.2, 0.25) is 0 Å². The van der Waals surface area contributed by atoms with E-state index >= 15 is 0 Å². The number of rotatable bonds is 6. The summed E-state index contributed by atoms with van der Waals surface area (Å²) in [5.74, 6) is 1.12. The minimum absolute atomic E-state index is 0. The molecule has 0 radical (unpaired) electrons. The molecule has 0 aliphatic heterocycles. The normalized spacial score (nSPS) is 23.4. The van der Waals surface area contributed by atoms with E-state index in [9.17, 15) is 4.79 Å². The molecule has 5 nitrogen and oxygen atoms in total. The van der Waals surface area contributed by atoms with Gasteiger partial charge in [0.1, 0.15) is 0 Å². The predicted molar refractivity (Wildman–Crippen MR) is 111 cm³/mol. The van der Waals surface area contributed by atoms with Crippen LogP contribution in [-0.4, -0.2) is 23.5 Å². The van der Waals surface area contributed by atoms with Crippen molar-refractivity contribution >= 4 is 36.4 Å². The maximum atomic E-state index is 12.3. The first-order valence-corrected chi connectivity index (χ1v) is 9.50. The fraction of sp³-hybridized carbons (Fsp3) is 0.684. The van der Waals surface area contributed by atoms with Crippen molar-refractivity contribution in [3.63, 3.8) is 0 Å². The fourth-order valence-electron chi connectivity index (χ4n) is 3.92. The molecule has 2 saturated carbocycles. The summed E-state index contributed by atoms with van der Waals surface area (Å²) in [5.41, 5.74) is 7.78. The van der Waals surface area contributed by atoms with Gasteiger partial charge in [-0.25, -0.2) is 0 Å². The summed E-state index contributed by atoms with van der Waals surface area (Å²) >= 11 is 0. The van der Waals surface area contributed by atoms with Crippen molar-refractivity contribution in [1.82, 2.24) is 15.8 Å². The van der Waals surface area contributed by atoms with Crippen molar-refractivity contribution in [3.05, 3.63) is 24.5 Å². The van der Waals surface area contributed by atoms with E-state index in [1.54, 1.807) is 12.4 Å². The molecule has 1 heterocycles. The zero-order valence-corrected chi connectivity index (χ0v) is 16.9. The fourth-order valence-corrected chi connectivity index (χ4v) is 3.92. The van der Waals surface area contributed by atoms with E-state index in [0.717, 1.165) is 43.8 Å². The van der Waals surface area contributed by atoms with Gasteiger partial charge in [-0.3, -0.25) is 20.6 Å². The minimum Gasteiger partial charge on any atom is -0.326 e. The lowest BCUT2D eigenvalue weighted by atomic mass is 9.85. The quantitative estimate of drug-likeness (QED) is 0.626. The van der Waals surface area contributed by atoms with E-state index in [2.05, 4.69) is 21.2 Å². The number of anilines is 1. The summed E-state index contributed by atoms with van der Waals surface area (Å²) in [4.78, 5) is 16.3. The molecule has 3 N–H and O–H groups in total. The largest absolute Gasteiger partial charge is 0.326 e. The molecule has 1 amide bonds. The molecule has 1 aromatic rings. The number of amides is 1. The summed E-state index contributed by atoms with van der Waals surface area (Å²) in [6.07, 6.45) is 14.4. The molecule has 148 valence electrons. The van der Waals surface area contributed by atoms with Crippen LogP contribution in [0.3, 0.4) is 0 Å². The minimum atomic E-state index is 0. The predicted octanol–water partition coefficient (Wildman–Crippen LogP) is 4.10. The first-order chi connectivity index (χ1) is 11.8. The Kier molecular flexibility index (Phi) is 11.1. The summed E-state index contributed by atoms with van der Waals surface area (Å²) in [6.45, 7) is 1.09. The average molecular weight is 403 g/mol. The van der Waals surface area contributed by atoms with E-state index in [1.807, 2.05) is 12.1 Å². The molecule has 0 spiro atoms. The van der Waals surface area contributed by atoms with Crippen molar-refractivity contribution < 1.29 is 4.79 Å². The number of carbonyl (C=O) groups is 1. The summed E-state index contributed by atoms with van der Waals surface area (Å²) in [6, 6.07) is 4.17. The summed E-state index contributed by atoms with van der Waals surface area (Å²) in [5, 5.41) is 3.00. The third-order valence-corrected chi connectivity index (χ3v) is 5.47. The monoisotopic (exact) mass is 402 g/mol. The number of hydrazine groups is 1. The van der Waals surface area contributed by atoms with E-state index in [0.29, 0.717) is 6.04 Å². The molecule has 0 unspecified atom stereocenters. The topological polar surface area (TPSA) is 66.0 Å². The second-order valence-corrected chi connectivity index (χ2v) is 7.30. The number of hydrogen-bond acceptors (Lipinski definition) is 4. The summed E-state index contributed by atoms with van der Waals surface area (Å²) in [7, 11) is 0. The van der Waals surface area contributed by atoms with Gasteiger partial charge in [0.25, 0.3) is 0 Å². The summed E-state index contributed by atoms with van der Waals surface area (Å²) < 4.78 is 0. The average Bonchev–Trinajstić information content (AvgIpc) is 2.64. The van der Waals surface area contributed by atoms with Crippen molar-refractivity contribution in [1.29, 1.82) is 0 Å². The number of carbonyl (C=O) groups excluding carboxylic acids is 1. The van der Waals surface area contributed by atoms with Crippen LogP contribution in [0.15, 0.2) is 24.5 Å². The Hall–Kier alpha value is -0.880. The van der Waals surface area contributed by atoms with Gasteiger partial charge in [-0.2, -0.15) is 0 Å². The van der Waals surface area contributed by atoms with Crippen molar-refractivity contribution in [3.8, 4) is 0 Å². The van der Waals surface area contributed by atoms with Crippen molar-refractivity contribution in [2.75, 3.05) is 11.9 Å². The molecule has 0 saturated heterocycles. The van der Waals surface area contributed by atoms with Crippen LogP contribution in [0, 0.1) is 11.8 Å². The van der Waals surface area contributed by atoms with E-state index < -0.39 is 0 Å². The highest BCUT2D eigenvalue weighted by Gasteiger charge is 2.26. The van der Waals surface area contributed by atoms with Gasteiger partial charge >= 0.3 is 0 Å². The highest BCUT2D eigenvalue weighted by Crippen LogP contribution is 2.26. The van der Waals surface area contributed by atoms with Gasteiger partial charge in [0, 0.05) is 36.6 Å². The van der Waals surface area contributed by atoms with Crippen LogP contribution in [0.25, 0.3) is 0 Å². The second kappa shape index (κ2) is 12.5. The first kappa shape index (κ1) is 23.2. The molecule has 2 fully saturated rings. The van der Waals surface area contributed by atoms with Gasteiger partial charge in [-0.1, -0.05) is 19.3 Å². The Morgan fingerprint density at radius 3 is 2.27 bits per heavy atom. The molecule has 2 aliphatic rings. The highest BCUT2D eigenvalue weighted by atomic mass is 35.5. The number of halogens is 2. The highest BCUT2D eigenvalue weighted by molar-refractivity contribution is 5.92. The number of nitrogens with one attached hydrogen (secondary N) is 3. The molecule has 1 aromatic heterocycles. The lowest BCUT2D eigenvalue weighted by Gasteiger charge is -2.30. The SMILES string of the molecule is Cl.Cl.O=C(Nc1ccncc1)C1CCC(NNCC2CCCCC2)CC1. The molecule has 0 aromatic carbocycles. The molecule has 26 heavy (non-hydrogen) atoms. The van der Waals surface area contributed by atoms with Gasteiger partial charge in [-0.05, 0) is 56.6 Å². The molecule has 2 aliphatic carbocycles. The van der Waals surface area contributed by atoms with Crippen LogP contribution in [-0.2, 0) is 4.79 Å². The van der Waals surface area contributed by atoms with E-state index in [1.165, 1.54) is 32.1 Å². The lowest BCUT2D eigenvalue weighted by Crippen LogP contribution is -2.45. The number of aromatic nitrogens is 1. The van der Waals surface area contributed by atoms with Gasteiger partial charge in [0.15, 0.2) is 0 Å². The molecular weight excluding hydrogens is 371 g/mol. The second-order valence-electron chi connectivity index (χ2n) is 7.30. The van der Waals surface area contributed by atoms with Crippen molar-refractivity contribution in [2.24, 2.45) is 11.8 Å². The molecular formula is C19H32Cl2N4O. The smallest absolute Gasteiger partial charge is 0.227 e. The first-order valence-electron chi connectivity index (χ1n) is 9.50. The van der Waals surface area contributed by atoms with Crippen LogP contribution in [0.4, 0.5) is 5.69 Å². The lowest BCUT2D eigenvalue weighted by molar-refractivity contribution is -0.120. The number of pyridine rings is 1. The van der Waals surface area contributed by atoms with Crippen LogP contribution < -0.4 is 16.2 Å².